The molecule has 2 aromatic rings. The lowest BCUT2D eigenvalue weighted by Crippen LogP contribution is -1.98. The lowest BCUT2D eigenvalue weighted by molar-refractivity contribution is 0.946. The summed E-state index contributed by atoms with van der Waals surface area (Å²) >= 11 is 12.2. The summed E-state index contributed by atoms with van der Waals surface area (Å²) in [7, 11) is 0. The summed E-state index contributed by atoms with van der Waals surface area (Å²) < 4.78 is 0. The molecule has 4 heteroatoms. The molecule has 2 aliphatic rings. The van der Waals surface area contributed by atoms with Gasteiger partial charge in [-0.15, -0.1) is 0 Å². The van der Waals surface area contributed by atoms with Crippen molar-refractivity contribution in [2.75, 3.05) is 0 Å². The second kappa shape index (κ2) is 7.85. The van der Waals surface area contributed by atoms with E-state index in [4.69, 9.17) is 23.6 Å². The van der Waals surface area contributed by atoms with E-state index in [0.717, 1.165) is 12.8 Å². The summed E-state index contributed by atoms with van der Waals surface area (Å²) in [5.74, 6) is 9.45. The molecule has 2 aliphatic heterocycles. The minimum absolute atomic E-state index is 1.04. The topological polar surface area (TPSA) is 0 Å². The molecule has 0 spiro atoms. The van der Waals surface area contributed by atoms with Gasteiger partial charge in [0, 0.05) is 12.1 Å². The third-order valence-corrected chi connectivity index (χ3v) is 13.1. The molecule has 2 aromatic carbocycles. The van der Waals surface area contributed by atoms with Gasteiger partial charge in [-0.3, -0.25) is 0 Å². The fourth-order valence-corrected chi connectivity index (χ4v) is 11.4. The molecule has 4 rings (SSSR count). The second-order valence-corrected chi connectivity index (χ2v) is 16.1. The zero-order valence-corrected chi connectivity index (χ0v) is 19.6. The van der Waals surface area contributed by atoms with Gasteiger partial charge in [0.1, 0.15) is 0 Å². The predicted molar refractivity (Wildman–Crippen MR) is 134 cm³/mol. The smallest absolute Gasteiger partial charge is 0.0246 e. The van der Waals surface area contributed by atoms with E-state index in [1.165, 1.54) is 32.9 Å². The van der Waals surface area contributed by atoms with Crippen LogP contribution in [0.3, 0.4) is 0 Å². The summed E-state index contributed by atoms with van der Waals surface area (Å²) in [6.07, 6.45) is 2.07. The second-order valence-electron chi connectivity index (χ2n) is 7.52. The summed E-state index contributed by atoms with van der Waals surface area (Å²) in [5, 5.41) is 2.57. The maximum absolute atomic E-state index is 6.08. The van der Waals surface area contributed by atoms with Crippen molar-refractivity contribution in [2.45, 2.75) is 26.7 Å². The summed E-state index contributed by atoms with van der Waals surface area (Å²) in [6.45, 7) is 4.42. The first kappa shape index (κ1) is 20.0. The molecule has 0 bridgehead atoms. The van der Waals surface area contributed by atoms with Crippen LogP contribution in [0.4, 0.5) is 0 Å². The van der Waals surface area contributed by atoms with Crippen molar-refractivity contribution in [3.63, 3.8) is 0 Å². The summed E-state index contributed by atoms with van der Waals surface area (Å²) in [4.78, 5) is 0. The molecule has 0 amide bonds. The number of rotatable bonds is 5. The average molecular weight is 439 g/mol. The largest absolute Gasteiger partial charge is 0.0838 e. The van der Waals surface area contributed by atoms with Gasteiger partial charge in [0.15, 0.2) is 0 Å². The van der Waals surface area contributed by atoms with Gasteiger partial charge in [0.25, 0.3) is 0 Å². The van der Waals surface area contributed by atoms with E-state index in [9.17, 15) is 0 Å². The third-order valence-electron chi connectivity index (χ3n) is 5.46. The first-order valence-electron chi connectivity index (χ1n) is 9.53. The van der Waals surface area contributed by atoms with Gasteiger partial charge in [-0.25, -0.2) is 0 Å². The quantitative estimate of drug-likeness (QED) is 0.462. The molecule has 2 unspecified atom stereocenters. The highest BCUT2D eigenvalue weighted by Gasteiger charge is 2.25. The lowest BCUT2D eigenvalue weighted by atomic mass is 10.00. The molecule has 2 heterocycles. The highest BCUT2D eigenvalue weighted by atomic mass is 32.4. The zero-order chi connectivity index (χ0) is 19.8. The fourth-order valence-electron chi connectivity index (χ4n) is 3.90. The van der Waals surface area contributed by atoms with E-state index >= 15 is 0 Å². The minimum Gasteiger partial charge on any atom is -0.0838 e. The number of hydrogen-bond donors (Lipinski definition) is 0. The molecular formula is C24H24P2S2. The monoisotopic (exact) mass is 438 g/mol. The van der Waals surface area contributed by atoms with Gasteiger partial charge in [-0.1, -0.05) is 84.3 Å². The SMILES string of the molecule is CC1=CP(=S)(c2ccccc2)C=C1CCC1=CP(=S)(c2ccccc2)C=C1C. The molecule has 0 nitrogen and oxygen atoms in total. The van der Waals surface area contributed by atoms with Gasteiger partial charge < -0.3 is 0 Å². The van der Waals surface area contributed by atoms with Crippen molar-refractivity contribution in [3.8, 4) is 0 Å². The normalized spacial score (nSPS) is 26.5. The Bertz CT molecular complexity index is 1030. The summed E-state index contributed by atoms with van der Waals surface area (Å²) in [5.41, 5.74) is 5.55. The summed E-state index contributed by atoms with van der Waals surface area (Å²) in [6, 6.07) is 17.7. The van der Waals surface area contributed by atoms with Crippen LogP contribution in [0.25, 0.3) is 0 Å². The molecule has 0 saturated heterocycles. The minimum atomic E-state index is -1.72. The van der Waals surface area contributed by atoms with Crippen LogP contribution in [-0.2, 0) is 23.6 Å². The van der Waals surface area contributed by atoms with Crippen molar-refractivity contribution in [1.29, 1.82) is 0 Å². The van der Waals surface area contributed by atoms with Crippen LogP contribution in [0, 0.1) is 0 Å². The third kappa shape index (κ3) is 3.89. The van der Waals surface area contributed by atoms with Crippen LogP contribution >= 0.6 is 12.1 Å². The number of benzene rings is 2. The molecule has 0 N–H and O–H groups in total. The Kier molecular flexibility index (Phi) is 5.60. The van der Waals surface area contributed by atoms with Gasteiger partial charge >= 0.3 is 0 Å². The van der Waals surface area contributed by atoms with E-state index in [1.807, 2.05) is 0 Å². The van der Waals surface area contributed by atoms with Crippen molar-refractivity contribution in [2.24, 2.45) is 0 Å². The van der Waals surface area contributed by atoms with Crippen molar-refractivity contribution in [1.82, 2.24) is 0 Å². The van der Waals surface area contributed by atoms with E-state index in [2.05, 4.69) is 97.8 Å². The first-order valence-corrected chi connectivity index (χ1v) is 15.4. The van der Waals surface area contributed by atoms with Gasteiger partial charge in [0.2, 0.25) is 0 Å². The Hall–Kier alpha value is -1.30. The van der Waals surface area contributed by atoms with Crippen molar-refractivity contribution < 1.29 is 0 Å². The van der Waals surface area contributed by atoms with Crippen LogP contribution in [0.2, 0.25) is 0 Å². The molecule has 0 aromatic heterocycles. The van der Waals surface area contributed by atoms with E-state index < -0.39 is 12.1 Å². The van der Waals surface area contributed by atoms with Gasteiger partial charge in [-0.2, -0.15) is 0 Å². The molecular weight excluding hydrogens is 414 g/mol. The van der Waals surface area contributed by atoms with E-state index in [0.29, 0.717) is 0 Å². The molecule has 28 heavy (non-hydrogen) atoms. The first-order chi connectivity index (χ1) is 13.4. The van der Waals surface area contributed by atoms with Gasteiger partial charge in [0.05, 0.1) is 0 Å². The lowest BCUT2D eigenvalue weighted by Gasteiger charge is -2.11. The number of hydrogen-bond acceptors (Lipinski definition) is 2. The van der Waals surface area contributed by atoms with Crippen LogP contribution in [0.1, 0.15) is 26.7 Å². The van der Waals surface area contributed by atoms with Crippen molar-refractivity contribution in [3.05, 3.63) is 106 Å². The van der Waals surface area contributed by atoms with Crippen LogP contribution < -0.4 is 10.6 Å². The Morgan fingerprint density at radius 1 is 0.571 bits per heavy atom. The molecule has 0 radical (unpaired) electrons. The highest BCUT2D eigenvalue weighted by molar-refractivity contribution is 8.21. The van der Waals surface area contributed by atoms with Crippen LogP contribution in [0.5, 0.6) is 0 Å². The Morgan fingerprint density at radius 2 is 0.929 bits per heavy atom. The van der Waals surface area contributed by atoms with Crippen LogP contribution in [0.15, 0.2) is 106 Å². The Labute approximate surface area is 178 Å². The van der Waals surface area contributed by atoms with Gasteiger partial charge in [-0.05, 0) is 82.9 Å². The van der Waals surface area contributed by atoms with Crippen molar-refractivity contribution >= 4 is 46.3 Å². The average Bonchev–Trinajstić information content (AvgIpc) is 3.17. The fraction of sp³-hybridized carbons (Fsp3) is 0.167. The standard InChI is InChI=1S/C24H24P2S2/c1-19-15-25(27,23-9-5-3-6-10-23)17-21(19)13-14-22-18-26(28,16-20(22)2)24-11-7-4-8-12-24/h3-12,15-18H,13-14H2,1-2H3. The molecule has 2 atom stereocenters. The Balaban J connectivity index is 1.54. The van der Waals surface area contributed by atoms with Crippen LogP contribution in [-0.4, -0.2) is 0 Å². The maximum atomic E-state index is 6.08. The number of allylic oxidation sites excluding steroid dienone is 4. The molecule has 0 aliphatic carbocycles. The predicted octanol–water partition coefficient (Wildman–Crippen LogP) is 6.98. The zero-order valence-electron chi connectivity index (χ0n) is 16.2. The highest BCUT2D eigenvalue weighted by Crippen LogP contribution is 2.58. The molecule has 0 fully saturated rings. The molecule has 0 saturated carbocycles. The molecule has 142 valence electrons. The maximum Gasteiger partial charge on any atom is 0.0246 e. The van der Waals surface area contributed by atoms with E-state index in [-0.39, 0.29) is 0 Å². The van der Waals surface area contributed by atoms with E-state index in [1.54, 1.807) is 0 Å². The Morgan fingerprint density at radius 3 is 1.29 bits per heavy atom.